The van der Waals surface area contributed by atoms with Gasteiger partial charge < -0.3 is 4.42 Å². The molecule has 10 aromatic rings. The normalized spacial score (nSPS) is 11.8. The quantitative estimate of drug-likeness (QED) is 0.185. The Kier molecular flexibility index (Phi) is 5.87. The molecule has 0 fully saturated rings. The van der Waals surface area contributed by atoms with Gasteiger partial charge in [0.05, 0.1) is 11.0 Å². The van der Waals surface area contributed by atoms with E-state index in [1.54, 1.807) is 0 Å². The summed E-state index contributed by atoms with van der Waals surface area (Å²) < 4.78 is 8.72. The van der Waals surface area contributed by atoms with Crippen LogP contribution in [0.15, 0.2) is 174 Å². The van der Waals surface area contributed by atoms with Gasteiger partial charge in [0, 0.05) is 22.0 Å². The Morgan fingerprint density at radius 1 is 0.438 bits per heavy atom. The largest absolute Gasteiger partial charge is 0.456 e. The number of benzene rings is 8. The van der Waals surface area contributed by atoms with E-state index in [0.29, 0.717) is 0 Å². The zero-order chi connectivity index (χ0) is 31.6. The van der Waals surface area contributed by atoms with Crippen LogP contribution in [0, 0.1) is 0 Å². The number of imidazole rings is 1. The van der Waals surface area contributed by atoms with Crippen molar-refractivity contribution in [1.82, 2.24) is 9.55 Å². The number of nitrogens with zero attached hydrogens (tertiary/aromatic N) is 2. The fourth-order valence-corrected chi connectivity index (χ4v) is 7.53. The zero-order valence-electron chi connectivity index (χ0n) is 26.0. The molecule has 10 rings (SSSR count). The molecule has 8 aromatic carbocycles. The van der Waals surface area contributed by atoms with Crippen molar-refractivity contribution in [2.75, 3.05) is 0 Å². The first-order valence-electron chi connectivity index (χ1n) is 16.3. The molecule has 48 heavy (non-hydrogen) atoms. The third-order valence-corrected chi connectivity index (χ3v) is 9.60. The van der Waals surface area contributed by atoms with Gasteiger partial charge in [0.2, 0.25) is 0 Å². The predicted octanol–water partition coefficient (Wildman–Crippen LogP) is 12.2. The lowest BCUT2D eigenvalue weighted by Gasteiger charge is -2.19. The van der Waals surface area contributed by atoms with Crippen LogP contribution in [0.25, 0.3) is 93.8 Å². The minimum absolute atomic E-state index is 0.889. The third-order valence-electron chi connectivity index (χ3n) is 9.60. The van der Waals surface area contributed by atoms with Gasteiger partial charge in [-0.1, -0.05) is 127 Å². The molecule has 0 amide bonds. The molecule has 0 spiro atoms. The first kappa shape index (κ1) is 26.7. The highest BCUT2D eigenvalue weighted by atomic mass is 16.3. The van der Waals surface area contributed by atoms with E-state index in [1.165, 1.54) is 27.5 Å². The summed E-state index contributed by atoms with van der Waals surface area (Å²) in [7, 11) is 0. The maximum Gasteiger partial charge on any atom is 0.146 e. The van der Waals surface area contributed by atoms with Crippen LogP contribution in [0.3, 0.4) is 0 Å². The summed E-state index contributed by atoms with van der Waals surface area (Å²) in [4.78, 5) is 5.37. The Hall–Kier alpha value is -6.45. The highest BCUT2D eigenvalue weighted by molar-refractivity contribution is 6.26. The number of aromatic nitrogens is 2. The van der Waals surface area contributed by atoms with Crippen LogP contribution >= 0.6 is 0 Å². The van der Waals surface area contributed by atoms with Gasteiger partial charge in [-0.3, -0.25) is 4.57 Å². The van der Waals surface area contributed by atoms with Crippen LogP contribution in [-0.4, -0.2) is 9.55 Å². The lowest BCUT2D eigenvalue weighted by molar-refractivity contribution is 0.669. The molecule has 0 N–H and O–H groups in total. The minimum Gasteiger partial charge on any atom is -0.456 e. The highest BCUT2D eigenvalue weighted by Crippen LogP contribution is 2.48. The molecule has 2 heterocycles. The van der Waals surface area contributed by atoms with Crippen molar-refractivity contribution in [3.63, 3.8) is 0 Å². The number of para-hydroxylation sites is 4. The molecule has 3 heteroatoms. The summed E-state index contributed by atoms with van der Waals surface area (Å²) in [6.45, 7) is 0. The Morgan fingerprint density at radius 2 is 1.08 bits per heavy atom. The maximum absolute atomic E-state index is 6.41. The molecule has 0 aliphatic rings. The van der Waals surface area contributed by atoms with E-state index in [4.69, 9.17) is 9.40 Å². The molecule has 0 aliphatic heterocycles. The molecule has 0 saturated carbocycles. The number of hydrogen-bond acceptors (Lipinski definition) is 2. The topological polar surface area (TPSA) is 31.0 Å². The van der Waals surface area contributed by atoms with Crippen molar-refractivity contribution in [1.29, 1.82) is 0 Å². The van der Waals surface area contributed by atoms with Crippen molar-refractivity contribution in [3.8, 4) is 39.3 Å². The summed E-state index contributed by atoms with van der Waals surface area (Å²) in [5.41, 5.74) is 10.7. The van der Waals surface area contributed by atoms with E-state index in [2.05, 4.69) is 168 Å². The Balaban J connectivity index is 1.40. The van der Waals surface area contributed by atoms with Crippen molar-refractivity contribution in [2.24, 2.45) is 0 Å². The van der Waals surface area contributed by atoms with Crippen LogP contribution in [-0.2, 0) is 0 Å². The van der Waals surface area contributed by atoms with Crippen LogP contribution in [0.2, 0.25) is 0 Å². The van der Waals surface area contributed by atoms with Gasteiger partial charge in [0.1, 0.15) is 17.0 Å². The Bertz CT molecular complexity index is 2830. The van der Waals surface area contributed by atoms with Gasteiger partial charge >= 0.3 is 0 Å². The van der Waals surface area contributed by atoms with E-state index >= 15 is 0 Å². The molecule has 0 bridgehead atoms. The number of rotatable bonds is 4. The van der Waals surface area contributed by atoms with Crippen LogP contribution in [0.4, 0.5) is 0 Å². The lowest BCUT2D eigenvalue weighted by Crippen LogP contribution is -2.00. The zero-order valence-corrected chi connectivity index (χ0v) is 26.0. The van der Waals surface area contributed by atoms with E-state index in [0.717, 1.165) is 66.4 Å². The van der Waals surface area contributed by atoms with E-state index in [9.17, 15) is 0 Å². The maximum atomic E-state index is 6.41. The van der Waals surface area contributed by atoms with Gasteiger partial charge in [0.25, 0.3) is 0 Å². The highest BCUT2D eigenvalue weighted by Gasteiger charge is 2.24. The molecular formula is C45H28N2O. The molecule has 0 atom stereocenters. The predicted molar refractivity (Wildman–Crippen MR) is 200 cm³/mol. The van der Waals surface area contributed by atoms with E-state index in [-0.39, 0.29) is 0 Å². The lowest BCUT2D eigenvalue weighted by atomic mass is 9.85. The SMILES string of the molecule is c1ccc(-c2ccc3c(-c4nc5ccccc5n4-c4ccccc4)c4ccccc4c(-c4cccc5oc6ccccc6c45)c3c2)cc1. The molecular weight excluding hydrogens is 585 g/mol. The minimum atomic E-state index is 0.889. The summed E-state index contributed by atoms with van der Waals surface area (Å²) >= 11 is 0. The van der Waals surface area contributed by atoms with Crippen molar-refractivity contribution in [2.45, 2.75) is 0 Å². The monoisotopic (exact) mass is 612 g/mol. The van der Waals surface area contributed by atoms with E-state index in [1.807, 2.05) is 6.07 Å². The molecule has 0 saturated heterocycles. The van der Waals surface area contributed by atoms with Crippen LogP contribution in [0.1, 0.15) is 0 Å². The second-order valence-corrected chi connectivity index (χ2v) is 12.3. The first-order chi connectivity index (χ1) is 23.8. The second kappa shape index (κ2) is 10.5. The van der Waals surface area contributed by atoms with Gasteiger partial charge in [-0.05, 0) is 86.3 Å². The smallest absolute Gasteiger partial charge is 0.146 e. The summed E-state index contributed by atoms with van der Waals surface area (Å²) in [5.74, 6) is 0.926. The number of hydrogen-bond donors (Lipinski definition) is 0. The van der Waals surface area contributed by atoms with Gasteiger partial charge in [-0.25, -0.2) is 4.98 Å². The van der Waals surface area contributed by atoms with Crippen LogP contribution in [0.5, 0.6) is 0 Å². The number of fused-ring (bicyclic) bond motifs is 6. The van der Waals surface area contributed by atoms with Gasteiger partial charge in [-0.2, -0.15) is 0 Å². The third kappa shape index (κ3) is 3.98. The molecule has 3 nitrogen and oxygen atoms in total. The average Bonchev–Trinajstić information content (AvgIpc) is 3.73. The van der Waals surface area contributed by atoms with Gasteiger partial charge in [0.15, 0.2) is 0 Å². The van der Waals surface area contributed by atoms with Crippen molar-refractivity contribution >= 4 is 54.5 Å². The van der Waals surface area contributed by atoms with Crippen molar-refractivity contribution in [3.05, 3.63) is 170 Å². The number of furan rings is 1. The average molecular weight is 613 g/mol. The summed E-state index contributed by atoms with van der Waals surface area (Å²) in [5, 5.41) is 6.91. The fourth-order valence-electron chi connectivity index (χ4n) is 7.53. The van der Waals surface area contributed by atoms with Crippen LogP contribution < -0.4 is 0 Å². The summed E-state index contributed by atoms with van der Waals surface area (Å²) in [6, 6.07) is 60.2. The summed E-state index contributed by atoms with van der Waals surface area (Å²) in [6.07, 6.45) is 0. The standard InChI is InChI=1S/C45H28N2O/c1-3-14-29(15-4-1)30-26-27-34-37(28-30)42(36-21-13-25-41-43(36)35-20-9-12-24-40(35)48-41)32-18-7-8-19-33(32)44(34)45-46-38-22-10-11-23-39(38)47(45)31-16-5-2-6-17-31/h1-28H. The van der Waals surface area contributed by atoms with Gasteiger partial charge in [-0.15, -0.1) is 0 Å². The van der Waals surface area contributed by atoms with E-state index < -0.39 is 0 Å². The Morgan fingerprint density at radius 3 is 1.92 bits per heavy atom. The second-order valence-electron chi connectivity index (χ2n) is 12.3. The fraction of sp³-hybridized carbons (Fsp3) is 0. The molecule has 0 radical (unpaired) electrons. The van der Waals surface area contributed by atoms with Crippen molar-refractivity contribution < 1.29 is 4.42 Å². The molecule has 224 valence electrons. The first-order valence-corrected chi connectivity index (χ1v) is 16.3. The molecule has 0 aliphatic carbocycles. The molecule has 0 unspecified atom stereocenters. The Labute approximate surface area is 277 Å². The molecule has 2 aromatic heterocycles.